The second-order valence-corrected chi connectivity index (χ2v) is 16.6. The number of carbonyl (C=O) groups excluding carboxylic acids is 1. The molecule has 2 atom stereocenters. The lowest BCUT2D eigenvalue weighted by Gasteiger charge is -2.40. The summed E-state index contributed by atoms with van der Waals surface area (Å²) in [5.41, 5.74) is -1.54. The van der Waals surface area contributed by atoms with E-state index in [1.165, 1.54) is 103 Å². The first-order valence-electron chi connectivity index (χ1n) is 20.6. The number of allylic oxidation sites excluding steroid dienone is 8. The highest BCUT2D eigenvalue weighted by Crippen LogP contribution is 2.41. The van der Waals surface area contributed by atoms with Crippen LogP contribution in [0.5, 0.6) is 0 Å². The first kappa shape index (κ1) is 48.7. The molecule has 0 bridgehead atoms. The molecule has 6 nitrogen and oxygen atoms in total. The Balaban J connectivity index is 4.53. The smallest absolute Gasteiger partial charge is 0.266 e. The predicted molar refractivity (Wildman–Crippen MR) is 214 cm³/mol. The van der Waals surface area contributed by atoms with Crippen molar-refractivity contribution in [1.82, 2.24) is 0 Å². The topological polar surface area (TPSA) is 86.7 Å². The van der Waals surface area contributed by atoms with Crippen molar-refractivity contribution in [2.45, 2.75) is 193 Å². The summed E-state index contributed by atoms with van der Waals surface area (Å²) < 4.78 is 17.7. The first-order chi connectivity index (χ1) is 24.0. The molecule has 0 aromatic rings. The number of hydrogen-bond donors (Lipinski definition) is 1. The third kappa shape index (κ3) is 32.6. The van der Waals surface area contributed by atoms with Gasteiger partial charge in [-0.2, -0.15) is 0 Å². The number of carbonyl (C=O) groups is 1. The van der Waals surface area contributed by atoms with Gasteiger partial charge in [-0.1, -0.05) is 172 Å². The fourth-order valence-corrected chi connectivity index (χ4v) is 7.24. The Hall–Kier alpha value is -1.30. The maximum Gasteiger partial charge on any atom is 0.266 e. The van der Waals surface area contributed by atoms with Crippen molar-refractivity contribution in [1.29, 1.82) is 0 Å². The zero-order valence-electron chi connectivity index (χ0n) is 33.4. The summed E-state index contributed by atoms with van der Waals surface area (Å²) in [6.07, 6.45) is 47.0. The zero-order chi connectivity index (χ0) is 37.2. The number of likely N-dealkylation sites (N-methyl/N-ethyl adjacent to an activating group) is 1. The Kier molecular flexibility index (Phi) is 31.5. The highest BCUT2D eigenvalue weighted by Gasteiger charge is 2.45. The molecule has 0 aromatic carbocycles. The van der Waals surface area contributed by atoms with Gasteiger partial charge in [-0.15, -0.1) is 0 Å². The number of nitrogens with zero attached hydrogens (tertiary/aromatic N) is 1. The number of phosphoric acid groups is 1. The van der Waals surface area contributed by atoms with Crippen LogP contribution in [0.25, 0.3) is 0 Å². The molecule has 0 amide bonds. The Morgan fingerprint density at radius 3 is 1.36 bits per heavy atom. The summed E-state index contributed by atoms with van der Waals surface area (Å²) >= 11 is 0. The van der Waals surface area contributed by atoms with Gasteiger partial charge in [-0.3, -0.25) is 13.9 Å². The molecule has 0 rings (SSSR count). The monoisotopic (exact) mass is 722 g/mol. The van der Waals surface area contributed by atoms with Crippen LogP contribution in [0.1, 0.15) is 187 Å². The average Bonchev–Trinajstić information content (AvgIpc) is 3.04. The van der Waals surface area contributed by atoms with Crippen LogP contribution in [0, 0.1) is 0 Å². The highest BCUT2D eigenvalue weighted by molar-refractivity contribution is 7.44. The second kappa shape index (κ2) is 32.4. The van der Waals surface area contributed by atoms with Crippen molar-refractivity contribution in [2.24, 2.45) is 0 Å². The molecule has 0 fully saturated rings. The summed E-state index contributed by atoms with van der Waals surface area (Å²) in [6, 6.07) is 0. The minimum absolute atomic E-state index is 0.196. The number of unbranched alkanes of at least 4 members (excludes halogenated alkanes) is 19. The van der Waals surface area contributed by atoms with Crippen molar-refractivity contribution in [2.75, 3.05) is 27.7 Å². The molecule has 50 heavy (non-hydrogen) atoms. The average molecular weight is 722 g/mol. The van der Waals surface area contributed by atoms with Crippen molar-refractivity contribution >= 4 is 13.6 Å². The van der Waals surface area contributed by atoms with Gasteiger partial charge in [0.1, 0.15) is 6.54 Å². The maximum atomic E-state index is 13.6. The molecule has 0 aliphatic heterocycles. The lowest BCUT2D eigenvalue weighted by Crippen LogP contribution is -2.55. The second-order valence-electron chi connectivity index (χ2n) is 15.5. The maximum absolute atomic E-state index is 13.6. The van der Waals surface area contributed by atoms with E-state index in [0.717, 1.165) is 44.9 Å². The predicted octanol–water partition coefficient (Wildman–Crippen LogP) is 12.3. The third-order valence-corrected chi connectivity index (χ3v) is 9.77. The molecule has 0 spiro atoms. The fraction of sp³-hybridized carbons (Fsp3) is 0.791. The van der Waals surface area contributed by atoms with Gasteiger partial charge >= 0.3 is 0 Å². The van der Waals surface area contributed by atoms with E-state index in [0.29, 0.717) is 23.7 Å². The van der Waals surface area contributed by atoms with E-state index in [-0.39, 0.29) is 18.7 Å². The van der Waals surface area contributed by atoms with Crippen LogP contribution in [0.4, 0.5) is 0 Å². The molecular formula is C43H80NO5P. The van der Waals surface area contributed by atoms with Crippen molar-refractivity contribution in [3.8, 4) is 0 Å². The van der Waals surface area contributed by atoms with Crippen molar-refractivity contribution < 1.29 is 28.2 Å². The van der Waals surface area contributed by atoms with Crippen LogP contribution >= 0.6 is 7.82 Å². The lowest BCUT2D eigenvalue weighted by atomic mass is 9.87. The van der Waals surface area contributed by atoms with E-state index in [2.05, 4.69) is 62.5 Å². The van der Waals surface area contributed by atoms with Crippen LogP contribution in [-0.2, 0) is 13.9 Å². The van der Waals surface area contributed by atoms with E-state index in [4.69, 9.17) is 4.52 Å². The van der Waals surface area contributed by atoms with Crippen LogP contribution in [-0.4, -0.2) is 48.4 Å². The molecule has 0 saturated heterocycles. The number of quaternary nitrogens is 1. The first-order valence-corrected chi connectivity index (χ1v) is 22.1. The summed E-state index contributed by atoms with van der Waals surface area (Å²) in [4.78, 5) is 35.4. The molecular weight excluding hydrogens is 641 g/mol. The van der Waals surface area contributed by atoms with Gasteiger partial charge in [0.15, 0.2) is 11.4 Å². The molecule has 0 aliphatic carbocycles. The molecule has 0 aliphatic rings. The lowest BCUT2D eigenvalue weighted by molar-refractivity contribution is -0.875. The molecule has 0 heterocycles. The molecule has 7 heteroatoms. The molecule has 0 saturated carbocycles. The van der Waals surface area contributed by atoms with Crippen LogP contribution in [0.15, 0.2) is 48.6 Å². The number of phosphoric ester groups is 1. The zero-order valence-corrected chi connectivity index (χ0v) is 34.3. The summed E-state index contributed by atoms with van der Waals surface area (Å²) in [5, 5.41) is 0. The Morgan fingerprint density at radius 1 is 0.600 bits per heavy atom. The Morgan fingerprint density at radius 2 is 0.960 bits per heavy atom. The minimum Gasteiger partial charge on any atom is -0.756 e. The standard InChI is InChI=1S/C43H80NO5P/c1-6-8-10-12-14-16-18-20-22-24-25-27-29-31-33-35-37-39-42(45)43(41-44(3,4)5,49-50(46,47)48)40-38-36-34-32-30-28-26-23-21-19-17-15-13-11-9-7-2/h14,16,20,22,25,27,31,33H,6-13,15,17-19,21,23-24,26,28-30,32,34-41H2,1-5H3,(H-,46,47,48)/b16-14-,22-20-,27-25-,33-31-. The quantitative estimate of drug-likeness (QED) is 0.0301. The molecule has 1 N–H and O–H groups in total. The number of rotatable bonds is 36. The fourth-order valence-electron chi connectivity index (χ4n) is 6.55. The van der Waals surface area contributed by atoms with E-state index < -0.39 is 13.4 Å². The molecule has 2 unspecified atom stereocenters. The minimum atomic E-state index is -5.11. The largest absolute Gasteiger partial charge is 0.756 e. The van der Waals surface area contributed by atoms with Crippen molar-refractivity contribution in [3.63, 3.8) is 0 Å². The Bertz CT molecular complexity index is 961. The molecule has 292 valence electrons. The number of Topliss-reactive ketones (excluding diaryl/α,β-unsaturated/α-hetero) is 1. The molecule has 0 aromatic heterocycles. The highest BCUT2D eigenvalue weighted by atomic mass is 31.2. The van der Waals surface area contributed by atoms with Gasteiger partial charge in [0, 0.05) is 6.42 Å². The third-order valence-electron chi connectivity index (χ3n) is 9.19. The van der Waals surface area contributed by atoms with Gasteiger partial charge in [0.2, 0.25) is 0 Å². The van der Waals surface area contributed by atoms with E-state index >= 15 is 0 Å². The van der Waals surface area contributed by atoms with Gasteiger partial charge < -0.3 is 14.3 Å². The normalized spacial score (nSPS) is 15.2. The van der Waals surface area contributed by atoms with Crippen LogP contribution in [0.3, 0.4) is 0 Å². The van der Waals surface area contributed by atoms with E-state index in [1.807, 2.05) is 21.1 Å². The number of hydrogen-bond acceptors (Lipinski definition) is 4. The van der Waals surface area contributed by atoms with Gasteiger partial charge in [-0.05, 0) is 57.8 Å². The van der Waals surface area contributed by atoms with Gasteiger partial charge in [-0.25, -0.2) is 0 Å². The summed E-state index contributed by atoms with van der Waals surface area (Å²) in [7, 11) is 0.658. The summed E-state index contributed by atoms with van der Waals surface area (Å²) in [6.45, 7) is 4.69. The van der Waals surface area contributed by atoms with Crippen molar-refractivity contribution in [3.05, 3.63) is 48.6 Å². The van der Waals surface area contributed by atoms with Crippen LogP contribution < -0.4 is 4.89 Å². The molecule has 0 radical (unpaired) electrons. The van der Waals surface area contributed by atoms with E-state index in [1.54, 1.807) is 0 Å². The Labute approximate surface area is 310 Å². The van der Waals surface area contributed by atoms with Gasteiger partial charge in [0.05, 0.1) is 21.1 Å². The summed E-state index contributed by atoms with van der Waals surface area (Å²) in [5.74, 6) is -0.229. The van der Waals surface area contributed by atoms with Gasteiger partial charge in [0.25, 0.3) is 7.82 Å². The van der Waals surface area contributed by atoms with E-state index in [9.17, 15) is 19.1 Å². The number of ketones is 1. The van der Waals surface area contributed by atoms with Crippen LogP contribution in [0.2, 0.25) is 0 Å². The SMILES string of the molecule is CCCCC/C=C\C/C=C\C/C=C\C/C=C\CCCC(=O)C(CCCCCCCCCCCCCCCCCC)(C[N+](C)(C)C)OP(=O)([O-])O.